The zero-order valence-corrected chi connectivity index (χ0v) is 15.2. The van der Waals surface area contributed by atoms with Gasteiger partial charge in [0.15, 0.2) is 0 Å². The minimum atomic E-state index is -0.275. The lowest BCUT2D eigenvalue weighted by Gasteiger charge is -2.26. The molecule has 0 spiro atoms. The normalized spacial score (nSPS) is 14.0. The molecule has 1 aliphatic rings. The third-order valence-electron chi connectivity index (χ3n) is 4.53. The molecule has 6 nitrogen and oxygen atoms in total. The Kier molecular flexibility index (Phi) is 5.51. The molecular weight excluding hydrogens is 328 g/mol. The Hall–Kier alpha value is -2.89. The highest BCUT2D eigenvalue weighted by molar-refractivity contribution is 6.05. The molecule has 2 aromatic rings. The fraction of sp³-hybridized carbons (Fsp3) is 0.350. The first-order chi connectivity index (χ1) is 12.5. The lowest BCUT2D eigenvalue weighted by molar-refractivity contribution is 0.0724. The SMILES string of the molecule is CN(C)c1ccc(NC(=O)c2cncc(C(=O)N3CCCCC3)c2)cc1. The summed E-state index contributed by atoms with van der Waals surface area (Å²) in [5, 5.41) is 2.85. The average molecular weight is 352 g/mol. The van der Waals surface area contributed by atoms with Gasteiger partial charge in [0, 0.05) is 51.0 Å². The number of nitrogens with one attached hydrogen (secondary N) is 1. The van der Waals surface area contributed by atoms with Crippen molar-refractivity contribution in [2.24, 2.45) is 0 Å². The summed E-state index contributed by atoms with van der Waals surface area (Å²) in [6.07, 6.45) is 6.23. The van der Waals surface area contributed by atoms with Crippen molar-refractivity contribution < 1.29 is 9.59 Å². The third-order valence-corrected chi connectivity index (χ3v) is 4.53. The monoisotopic (exact) mass is 352 g/mol. The van der Waals surface area contributed by atoms with E-state index in [0.717, 1.165) is 38.0 Å². The van der Waals surface area contributed by atoms with Crippen LogP contribution in [0.25, 0.3) is 0 Å². The zero-order valence-electron chi connectivity index (χ0n) is 15.2. The molecular formula is C20H24N4O2. The molecule has 1 N–H and O–H groups in total. The van der Waals surface area contributed by atoms with Crippen molar-refractivity contribution in [3.05, 3.63) is 53.9 Å². The van der Waals surface area contributed by atoms with E-state index in [2.05, 4.69) is 10.3 Å². The van der Waals surface area contributed by atoms with Gasteiger partial charge in [-0.1, -0.05) is 0 Å². The first-order valence-electron chi connectivity index (χ1n) is 8.87. The molecule has 3 rings (SSSR count). The second-order valence-corrected chi connectivity index (χ2v) is 6.71. The number of hydrogen-bond donors (Lipinski definition) is 1. The number of carbonyl (C=O) groups is 2. The van der Waals surface area contributed by atoms with E-state index in [-0.39, 0.29) is 11.8 Å². The molecule has 0 atom stereocenters. The Morgan fingerprint density at radius 1 is 1.00 bits per heavy atom. The molecule has 2 amide bonds. The van der Waals surface area contributed by atoms with E-state index >= 15 is 0 Å². The van der Waals surface area contributed by atoms with Crippen LogP contribution >= 0.6 is 0 Å². The fourth-order valence-electron chi connectivity index (χ4n) is 3.01. The number of hydrogen-bond acceptors (Lipinski definition) is 4. The van der Waals surface area contributed by atoms with Crippen LogP contribution in [-0.2, 0) is 0 Å². The topological polar surface area (TPSA) is 65.5 Å². The van der Waals surface area contributed by atoms with E-state index in [1.54, 1.807) is 6.07 Å². The van der Waals surface area contributed by atoms with Crippen LogP contribution in [0.15, 0.2) is 42.7 Å². The summed E-state index contributed by atoms with van der Waals surface area (Å²) in [5.74, 6) is -0.328. The largest absolute Gasteiger partial charge is 0.378 e. The van der Waals surface area contributed by atoms with Crippen molar-refractivity contribution >= 4 is 23.2 Å². The molecule has 1 aromatic carbocycles. The Balaban J connectivity index is 1.70. The highest BCUT2D eigenvalue weighted by Crippen LogP contribution is 2.17. The quantitative estimate of drug-likeness (QED) is 0.919. The second-order valence-electron chi connectivity index (χ2n) is 6.71. The van der Waals surface area contributed by atoms with Crippen LogP contribution in [0, 0.1) is 0 Å². The molecule has 6 heteroatoms. The molecule has 0 saturated carbocycles. The Morgan fingerprint density at radius 2 is 1.65 bits per heavy atom. The first kappa shape index (κ1) is 17.9. The van der Waals surface area contributed by atoms with E-state index < -0.39 is 0 Å². The molecule has 1 fully saturated rings. The summed E-state index contributed by atoms with van der Waals surface area (Å²) in [7, 11) is 3.92. The van der Waals surface area contributed by atoms with Gasteiger partial charge in [0.25, 0.3) is 11.8 Å². The van der Waals surface area contributed by atoms with Crippen LogP contribution in [0.1, 0.15) is 40.0 Å². The van der Waals surface area contributed by atoms with Crippen molar-refractivity contribution in [1.82, 2.24) is 9.88 Å². The number of benzene rings is 1. The van der Waals surface area contributed by atoms with Gasteiger partial charge in [-0.25, -0.2) is 0 Å². The summed E-state index contributed by atoms with van der Waals surface area (Å²) >= 11 is 0. The Bertz CT molecular complexity index is 781. The number of aromatic nitrogens is 1. The summed E-state index contributed by atoms with van der Waals surface area (Å²) in [6.45, 7) is 1.54. The smallest absolute Gasteiger partial charge is 0.257 e. The number of piperidine rings is 1. The lowest BCUT2D eigenvalue weighted by Crippen LogP contribution is -2.35. The van der Waals surface area contributed by atoms with E-state index in [4.69, 9.17) is 0 Å². The number of amides is 2. The van der Waals surface area contributed by atoms with Crippen LogP contribution in [-0.4, -0.2) is 48.9 Å². The summed E-state index contributed by atoms with van der Waals surface area (Å²) in [5.41, 5.74) is 2.60. The third kappa shape index (κ3) is 4.20. The molecule has 2 heterocycles. The van der Waals surface area contributed by atoms with Gasteiger partial charge in [-0.3, -0.25) is 14.6 Å². The number of carbonyl (C=O) groups excluding carboxylic acids is 2. The Labute approximate surface area is 153 Å². The van der Waals surface area contributed by atoms with Crippen LogP contribution in [0.5, 0.6) is 0 Å². The van der Waals surface area contributed by atoms with Crippen molar-refractivity contribution in [1.29, 1.82) is 0 Å². The van der Waals surface area contributed by atoms with E-state index in [1.807, 2.05) is 48.2 Å². The standard InChI is InChI=1S/C20H24N4O2/c1-23(2)18-8-6-17(7-9-18)22-19(25)15-12-16(14-21-13-15)20(26)24-10-4-3-5-11-24/h6-9,12-14H,3-5,10-11H2,1-2H3,(H,22,25). The van der Waals surface area contributed by atoms with Gasteiger partial charge >= 0.3 is 0 Å². The van der Waals surface area contributed by atoms with E-state index in [1.165, 1.54) is 12.4 Å². The number of nitrogens with zero attached hydrogens (tertiary/aromatic N) is 3. The first-order valence-corrected chi connectivity index (χ1v) is 8.87. The maximum absolute atomic E-state index is 12.6. The number of likely N-dealkylation sites (tertiary alicyclic amines) is 1. The molecule has 26 heavy (non-hydrogen) atoms. The molecule has 0 unspecified atom stereocenters. The second kappa shape index (κ2) is 7.99. The van der Waals surface area contributed by atoms with Gasteiger partial charge in [0.05, 0.1) is 11.1 Å². The molecule has 1 aliphatic heterocycles. The highest BCUT2D eigenvalue weighted by Gasteiger charge is 2.19. The van der Waals surface area contributed by atoms with Gasteiger partial charge in [-0.15, -0.1) is 0 Å². The summed E-state index contributed by atoms with van der Waals surface area (Å²) < 4.78 is 0. The predicted octanol–water partition coefficient (Wildman–Crippen LogP) is 3.03. The van der Waals surface area contributed by atoms with Gasteiger partial charge in [0.1, 0.15) is 0 Å². The molecule has 136 valence electrons. The van der Waals surface area contributed by atoms with Crippen LogP contribution < -0.4 is 10.2 Å². The Morgan fingerprint density at radius 3 is 2.31 bits per heavy atom. The molecule has 0 bridgehead atoms. The molecule has 1 aromatic heterocycles. The minimum absolute atomic E-state index is 0.0535. The average Bonchev–Trinajstić information content (AvgIpc) is 2.68. The lowest BCUT2D eigenvalue weighted by atomic mass is 10.1. The highest BCUT2D eigenvalue weighted by atomic mass is 16.2. The van der Waals surface area contributed by atoms with Gasteiger partial charge in [0.2, 0.25) is 0 Å². The van der Waals surface area contributed by atoms with Crippen molar-refractivity contribution in [3.63, 3.8) is 0 Å². The van der Waals surface area contributed by atoms with Crippen molar-refractivity contribution in [2.45, 2.75) is 19.3 Å². The maximum Gasteiger partial charge on any atom is 0.257 e. The molecule has 0 radical (unpaired) electrons. The van der Waals surface area contributed by atoms with Gasteiger partial charge in [-0.05, 0) is 49.6 Å². The zero-order chi connectivity index (χ0) is 18.5. The number of anilines is 2. The van der Waals surface area contributed by atoms with Crippen molar-refractivity contribution in [3.8, 4) is 0 Å². The van der Waals surface area contributed by atoms with E-state index in [0.29, 0.717) is 16.8 Å². The predicted molar refractivity (Wildman–Crippen MR) is 103 cm³/mol. The van der Waals surface area contributed by atoms with Crippen LogP contribution in [0.4, 0.5) is 11.4 Å². The van der Waals surface area contributed by atoms with Gasteiger partial charge < -0.3 is 15.1 Å². The minimum Gasteiger partial charge on any atom is -0.378 e. The van der Waals surface area contributed by atoms with Gasteiger partial charge in [-0.2, -0.15) is 0 Å². The van der Waals surface area contributed by atoms with E-state index in [9.17, 15) is 9.59 Å². The maximum atomic E-state index is 12.6. The van der Waals surface area contributed by atoms with Crippen LogP contribution in [0.3, 0.4) is 0 Å². The van der Waals surface area contributed by atoms with Crippen LogP contribution in [0.2, 0.25) is 0 Å². The summed E-state index contributed by atoms with van der Waals surface area (Å²) in [6, 6.07) is 9.19. The van der Waals surface area contributed by atoms with Crippen molar-refractivity contribution in [2.75, 3.05) is 37.4 Å². The number of rotatable bonds is 4. The molecule has 0 aliphatic carbocycles. The summed E-state index contributed by atoms with van der Waals surface area (Å²) in [4.78, 5) is 33.0. The number of pyridine rings is 1. The fourth-order valence-corrected chi connectivity index (χ4v) is 3.01. The molecule has 1 saturated heterocycles.